The van der Waals surface area contributed by atoms with Gasteiger partial charge in [-0.05, 0) is 30.5 Å². The smallest absolute Gasteiger partial charge is 0.227 e. The van der Waals surface area contributed by atoms with E-state index in [0.29, 0.717) is 17.2 Å². The van der Waals surface area contributed by atoms with Gasteiger partial charge in [-0.2, -0.15) is 0 Å². The van der Waals surface area contributed by atoms with E-state index in [2.05, 4.69) is 0 Å². The molecule has 1 saturated heterocycles. The molecule has 1 aromatic rings. The summed E-state index contributed by atoms with van der Waals surface area (Å²) in [6, 6.07) is 5.43. The minimum absolute atomic E-state index is 0.162. The third-order valence-corrected chi connectivity index (χ3v) is 3.41. The van der Waals surface area contributed by atoms with Gasteiger partial charge in [-0.3, -0.25) is 4.79 Å². The van der Waals surface area contributed by atoms with Gasteiger partial charge < -0.3 is 9.64 Å². The van der Waals surface area contributed by atoms with Crippen molar-refractivity contribution in [3.8, 4) is 5.75 Å². The highest BCUT2D eigenvalue weighted by Gasteiger charge is 2.18. The van der Waals surface area contributed by atoms with Gasteiger partial charge in [-0.25, -0.2) is 0 Å². The maximum Gasteiger partial charge on any atom is 0.227 e. The number of benzene rings is 1. The Hall–Kier alpha value is -1.22. The van der Waals surface area contributed by atoms with E-state index >= 15 is 0 Å². The van der Waals surface area contributed by atoms with E-state index in [0.717, 1.165) is 31.5 Å². The number of amides is 1. The first-order valence-corrected chi connectivity index (χ1v) is 6.18. The van der Waals surface area contributed by atoms with Gasteiger partial charge in [0.2, 0.25) is 5.91 Å². The van der Waals surface area contributed by atoms with Crippen molar-refractivity contribution in [2.24, 2.45) is 0 Å². The topological polar surface area (TPSA) is 29.5 Å². The van der Waals surface area contributed by atoms with Crippen LogP contribution in [0.2, 0.25) is 5.02 Å². The van der Waals surface area contributed by atoms with Gasteiger partial charge in [0.1, 0.15) is 5.75 Å². The first-order valence-electron chi connectivity index (χ1n) is 5.81. The second-order valence-corrected chi connectivity index (χ2v) is 4.63. The Labute approximate surface area is 106 Å². The molecule has 1 amide bonds. The van der Waals surface area contributed by atoms with E-state index in [1.54, 1.807) is 13.2 Å². The average Bonchev–Trinajstić information content (AvgIpc) is 2.85. The molecule has 0 spiro atoms. The molecule has 0 aliphatic carbocycles. The van der Waals surface area contributed by atoms with Crippen LogP contribution in [0.15, 0.2) is 18.2 Å². The van der Waals surface area contributed by atoms with Crippen LogP contribution in [0.4, 0.5) is 0 Å². The summed E-state index contributed by atoms with van der Waals surface area (Å²) in [5, 5.41) is 0.594. The SMILES string of the molecule is COc1ccc(CC(=O)N2CCCC2)c(Cl)c1. The number of methoxy groups -OCH3 is 1. The minimum atomic E-state index is 0.162. The van der Waals surface area contributed by atoms with Crippen LogP contribution < -0.4 is 4.74 Å². The number of likely N-dealkylation sites (tertiary alicyclic amines) is 1. The first kappa shape index (κ1) is 12.2. The number of halogens is 1. The number of rotatable bonds is 3. The zero-order chi connectivity index (χ0) is 12.3. The standard InChI is InChI=1S/C13H16ClNO2/c1-17-11-5-4-10(12(14)9-11)8-13(16)15-6-2-3-7-15/h4-5,9H,2-3,6-8H2,1H3. The lowest BCUT2D eigenvalue weighted by Gasteiger charge is -2.15. The summed E-state index contributed by atoms with van der Waals surface area (Å²) < 4.78 is 5.07. The Balaban J connectivity index is 2.05. The monoisotopic (exact) mass is 253 g/mol. The molecule has 1 aliphatic rings. The van der Waals surface area contributed by atoms with Gasteiger partial charge in [-0.15, -0.1) is 0 Å². The van der Waals surface area contributed by atoms with Crippen molar-refractivity contribution in [2.75, 3.05) is 20.2 Å². The molecule has 0 bridgehead atoms. The molecule has 1 aliphatic heterocycles. The summed E-state index contributed by atoms with van der Waals surface area (Å²) in [4.78, 5) is 13.9. The van der Waals surface area contributed by atoms with Crippen molar-refractivity contribution >= 4 is 17.5 Å². The summed E-state index contributed by atoms with van der Waals surface area (Å²) in [6.45, 7) is 1.76. The average molecular weight is 254 g/mol. The molecule has 1 aromatic carbocycles. The van der Waals surface area contributed by atoms with Crippen LogP contribution in [0.5, 0.6) is 5.75 Å². The maximum atomic E-state index is 12.0. The summed E-state index contributed by atoms with van der Waals surface area (Å²) in [7, 11) is 1.60. The molecular formula is C13H16ClNO2. The number of carbonyl (C=O) groups is 1. The van der Waals surface area contributed by atoms with Crippen LogP contribution >= 0.6 is 11.6 Å². The van der Waals surface area contributed by atoms with E-state index in [-0.39, 0.29) is 5.91 Å². The fourth-order valence-corrected chi connectivity index (χ4v) is 2.28. The third-order valence-electron chi connectivity index (χ3n) is 3.06. The van der Waals surface area contributed by atoms with Crippen molar-refractivity contribution in [1.29, 1.82) is 0 Å². The number of hydrogen-bond donors (Lipinski definition) is 0. The highest BCUT2D eigenvalue weighted by Crippen LogP contribution is 2.23. The Morgan fingerprint density at radius 2 is 2.12 bits per heavy atom. The summed E-state index contributed by atoms with van der Waals surface area (Å²) in [5.41, 5.74) is 0.865. The second kappa shape index (κ2) is 5.41. The zero-order valence-corrected chi connectivity index (χ0v) is 10.7. The highest BCUT2D eigenvalue weighted by atomic mass is 35.5. The van der Waals surface area contributed by atoms with Gasteiger partial charge in [0.15, 0.2) is 0 Å². The van der Waals surface area contributed by atoms with E-state index in [1.165, 1.54) is 0 Å². The molecule has 0 N–H and O–H groups in total. The van der Waals surface area contributed by atoms with Crippen LogP contribution in [-0.2, 0) is 11.2 Å². The molecule has 17 heavy (non-hydrogen) atoms. The van der Waals surface area contributed by atoms with Crippen LogP contribution in [0, 0.1) is 0 Å². The maximum absolute atomic E-state index is 12.0. The van der Waals surface area contributed by atoms with Crippen LogP contribution in [0.1, 0.15) is 18.4 Å². The predicted molar refractivity (Wildman–Crippen MR) is 67.5 cm³/mol. The minimum Gasteiger partial charge on any atom is -0.497 e. The molecule has 2 rings (SSSR count). The van der Waals surface area contributed by atoms with Crippen LogP contribution in [0.3, 0.4) is 0 Å². The number of nitrogens with zero attached hydrogens (tertiary/aromatic N) is 1. The van der Waals surface area contributed by atoms with Gasteiger partial charge in [-0.1, -0.05) is 17.7 Å². The normalized spacial score (nSPS) is 15.1. The van der Waals surface area contributed by atoms with Crippen molar-refractivity contribution < 1.29 is 9.53 Å². The van der Waals surface area contributed by atoms with E-state index in [4.69, 9.17) is 16.3 Å². The van der Waals surface area contributed by atoms with Crippen LogP contribution in [-0.4, -0.2) is 31.0 Å². The Bertz CT molecular complexity index is 414. The first-order chi connectivity index (χ1) is 8.20. The molecule has 0 radical (unpaired) electrons. The molecule has 4 heteroatoms. The zero-order valence-electron chi connectivity index (χ0n) is 9.91. The quantitative estimate of drug-likeness (QED) is 0.829. The fraction of sp³-hybridized carbons (Fsp3) is 0.462. The number of ether oxygens (including phenoxy) is 1. The molecular weight excluding hydrogens is 238 g/mol. The van der Waals surface area contributed by atoms with Gasteiger partial charge >= 0.3 is 0 Å². The number of hydrogen-bond acceptors (Lipinski definition) is 2. The van der Waals surface area contributed by atoms with Crippen molar-refractivity contribution in [3.05, 3.63) is 28.8 Å². The lowest BCUT2D eigenvalue weighted by Crippen LogP contribution is -2.29. The Morgan fingerprint density at radius 3 is 2.71 bits per heavy atom. The molecule has 3 nitrogen and oxygen atoms in total. The molecule has 0 unspecified atom stereocenters. The molecule has 0 aromatic heterocycles. The van der Waals surface area contributed by atoms with Crippen molar-refractivity contribution in [3.63, 3.8) is 0 Å². The van der Waals surface area contributed by atoms with Gasteiger partial charge in [0.05, 0.1) is 13.5 Å². The van der Waals surface area contributed by atoms with Gasteiger partial charge in [0.25, 0.3) is 0 Å². The van der Waals surface area contributed by atoms with E-state index in [1.807, 2.05) is 17.0 Å². The lowest BCUT2D eigenvalue weighted by atomic mass is 10.1. The largest absolute Gasteiger partial charge is 0.497 e. The Kier molecular flexibility index (Phi) is 3.89. The molecule has 0 saturated carbocycles. The van der Waals surface area contributed by atoms with Crippen molar-refractivity contribution in [1.82, 2.24) is 4.90 Å². The predicted octanol–water partition coefficient (Wildman–Crippen LogP) is 2.51. The molecule has 0 atom stereocenters. The summed E-state index contributed by atoms with van der Waals surface area (Å²) in [5.74, 6) is 0.877. The number of carbonyl (C=O) groups excluding carboxylic acids is 1. The van der Waals surface area contributed by atoms with Crippen molar-refractivity contribution in [2.45, 2.75) is 19.3 Å². The van der Waals surface area contributed by atoms with E-state index in [9.17, 15) is 4.79 Å². The summed E-state index contributed by atoms with van der Waals surface area (Å²) >= 11 is 6.11. The summed E-state index contributed by atoms with van der Waals surface area (Å²) in [6.07, 6.45) is 2.60. The van der Waals surface area contributed by atoms with Gasteiger partial charge in [0, 0.05) is 18.1 Å². The van der Waals surface area contributed by atoms with E-state index < -0.39 is 0 Å². The highest BCUT2D eigenvalue weighted by molar-refractivity contribution is 6.31. The molecule has 1 fully saturated rings. The second-order valence-electron chi connectivity index (χ2n) is 4.22. The third kappa shape index (κ3) is 2.91. The Morgan fingerprint density at radius 1 is 1.41 bits per heavy atom. The molecule has 92 valence electrons. The fourth-order valence-electron chi connectivity index (χ4n) is 2.04. The lowest BCUT2D eigenvalue weighted by molar-refractivity contribution is -0.129. The van der Waals surface area contributed by atoms with Crippen LogP contribution in [0.25, 0.3) is 0 Å². The molecule has 1 heterocycles.